The summed E-state index contributed by atoms with van der Waals surface area (Å²) < 4.78 is 3.70. The zero-order valence-electron chi connectivity index (χ0n) is 15.8. The Labute approximate surface area is 163 Å². The zero-order chi connectivity index (χ0) is 19.3. The third kappa shape index (κ3) is 2.68. The molecule has 2 aromatic heterocycles. The number of hydrogen-bond acceptors (Lipinski definition) is 3. The second-order valence-corrected chi connectivity index (χ2v) is 7.80. The molecule has 0 unspecified atom stereocenters. The average Bonchev–Trinajstić information content (AvgIpc) is 3.10. The molecule has 0 N–H and O–H groups in total. The van der Waals surface area contributed by atoms with Gasteiger partial charge in [0.15, 0.2) is 0 Å². The highest BCUT2D eigenvalue weighted by atomic mass is 16.2. The number of benzene rings is 1. The van der Waals surface area contributed by atoms with Gasteiger partial charge in [-0.3, -0.25) is 9.59 Å². The van der Waals surface area contributed by atoms with Crippen molar-refractivity contribution in [2.75, 3.05) is 13.1 Å². The van der Waals surface area contributed by atoms with Gasteiger partial charge in [0.05, 0.1) is 23.1 Å². The van der Waals surface area contributed by atoms with E-state index in [1.165, 1.54) is 0 Å². The Morgan fingerprint density at radius 3 is 2.68 bits per heavy atom. The number of rotatable bonds is 2. The molecule has 2 aliphatic heterocycles. The minimum absolute atomic E-state index is 0.0288. The number of likely N-dealkylation sites (tertiary alicyclic amines) is 1. The first kappa shape index (κ1) is 17.0. The maximum Gasteiger partial charge on any atom is 0.257 e. The van der Waals surface area contributed by atoms with Gasteiger partial charge in [0.2, 0.25) is 0 Å². The summed E-state index contributed by atoms with van der Waals surface area (Å²) in [6.45, 7) is 3.96. The first-order chi connectivity index (χ1) is 13.6. The van der Waals surface area contributed by atoms with Gasteiger partial charge in [-0.2, -0.15) is 5.10 Å². The van der Waals surface area contributed by atoms with Crippen LogP contribution in [0.3, 0.4) is 0 Å². The summed E-state index contributed by atoms with van der Waals surface area (Å²) in [5.74, 6) is 0.565. The molecule has 4 heterocycles. The van der Waals surface area contributed by atoms with Gasteiger partial charge < -0.3 is 9.47 Å². The summed E-state index contributed by atoms with van der Waals surface area (Å²) in [5, 5.41) is 4.45. The molecule has 5 rings (SSSR count). The molecule has 142 valence electrons. The number of fused-ring (bicyclic) bond motifs is 4. The topological polar surface area (TPSA) is 60.1 Å². The number of hydrogen-bond donors (Lipinski definition) is 0. The molecular formula is C22H22N4O2. The van der Waals surface area contributed by atoms with E-state index in [0.29, 0.717) is 31.1 Å². The third-order valence-electron chi connectivity index (χ3n) is 6.01. The molecule has 0 aliphatic carbocycles. The normalized spacial score (nSPS) is 20.7. The van der Waals surface area contributed by atoms with Crippen molar-refractivity contribution in [3.63, 3.8) is 0 Å². The van der Waals surface area contributed by atoms with E-state index in [1.807, 2.05) is 63.5 Å². The highest BCUT2D eigenvalue weighted by molar-refractivity contribution is 5.95. The van der Waals surface area contributed by atoms with Gasteiger partial charge in [0.1, 0.15) is 0 Å². The van der Waals surface area contributed by atoms with E-state index in [1.54, 1.807) is 12.3 Å². The number of carbonyl (C=O) groups is 1. The van der Waals surface area contributed by atoms with Gasteiger partial charge in [-0.1, -0.05) is 24.3 Å². The zero-order valence-corrected chi connectivity index (χ0v) is 15.8. The summed E-state index contributed by atoms with van der Waals surface area (Å²) in [4.78, 5) is 27.4. The van der Waals surface area contributed by atoms with E-state index < -0.39 is 0 Å². The smallest absolute Gasteiger partial charge is 0.257 e. The summed E-state index contributed by atoms with van der Waals surface area (Å²) in [6, 6.07) is 15.3. The van der Waals surface area contributed by atoms with Crippen molar-refractivity contribution in [3.05, 3.63) is 82.0 Å². The summed E-state index contributed by atoms with van der Waals surface area (Å²) in [7, 11) is 0. The van der Waals surface area contributed by atoms with Gasteiger partial charge in [0, 0.05) is 37.3 Å². The van der Waals surface area contributed by atoms with Crippen LogP contribution in [-0.2, 0) is 6.54 Å². The van der Waals surface area contributed by atoms with Gasteiger partial charge in [-0.15, -0.1) is 0 Å². The number of para-hydroxylation sites is 1. The molecule has 1 aromatic carbocycles. The van der Waals surface area contributed by atoms with Crippen LogP contribution in [0.25, 0.3) is 5.69 Å². The first-order valence-corrected chi connectivity index (χ1v) is 9.71. The fourth-order valence-electron chi connectivity index (χ4n) is 4.68. The highest BCUT2D eigenvalue weighted by Gasteiger charge is 2.37. The molecule has 2 aliphatic rings. The number of pyridine rings is 1. The van der Waals surface area contributed by atoms with Crippen molar-refractivity contribution in [1.29, 1.82) is 0 Å². The van der Waals surface area contributed by atoms with Crippen molar-refractivity contribution >= 4 is 5.91 Å². The van der Waals surface area contributed by atoms with Crippen LogP contribution < -0.4 is 5.56 Å². The number of amides is 1. The Balaban J connectivity index is 1.43. The van der Waals surface area contributed by atoms with Crippen molar-refractivity contribution < 1.29 is 4.79 Å². The minimum atomic E-state index is 0.0288. The predicted octanol–water partition coefficient (Wildman–Crippen LogP) is 2.60. The Kier molecular flexibility index (Phi) is 3.93. The maximum absolute atomic E-state index is 13.3. The van der Waals surface area contributed by atoms with E-state index in [9.17, 15) is 9.59 Å². The molecule has 1 amide bonds. The second-order valence-electron chi connectivity index (χ2n) is 7.80. The van der Waals surface area contributed by atoms with Crippen LogP contribution in [0.1, 0.15) is 34.1 Å². The van der Waals surface area contributed by atoms with Gasteiger partial charge >= 0.3 is 0 Å². The lowest BCUT2D eigenvalue weighted by Gasteiger charge is -2.42. The minimum Gasteiger partial charge on any atom is -0.338 e. The average molecular weight is 374 g/mol. The van der Waals surface area contributed by atoms with Crippen LogP contribution in [0, 0.1) is 12.8 Å². The molecular weight excluding hydrogens is 352 g/mol. The number of piperidine rings is 1. The maximum atomic E-state index is 13.3. The van der Waals surface area contributed by atoms with Crippen molar-refractivity contribution in [2.24, 2.45) is 5.92 Å². The monoisotopic (exact) mass is 374 g/mol. The Bertz CT molecular complexity index is 1100. The molecule has 1 saturated heterocycles. The lowest BCUT2D eigenvalue weighted by atomic mass is 9.83. The van der Waals surface area contributed by atoms with E-state index >= 15 is 0 Å². The van der Waals surface area contributed by atoms with E-state index in [2.05, 4.69) is 5.10 Å². The Morgan fingerprint density at radius 1 is 1.04 bits per heavy atom. The van der Waals surface area contributed by atoms with Gasteiger partial charge in [-0.25, -0.2) is 4.68 Å². The standard InChI is InChI=1S/C22H22N4O2/c1-15-19(11-23-26(15)18-6-3-2-4-7-18)22(28)24-12-16-10-17(14-24)20-8-5-9-21(27)25(20)13-16/h2-9,11,16-17H,10,12-14H2,1H3/t16-,17-/m0/s1. The lowest BCUT2D eigenvalue weighted by Crippen LogP contribution is -2.49. The second kappa shape index (κ2) is 6.48. The molecule has 2 atom stereocenters. The number of nitrogens with zero attached hydrogens (tertiary/aromatic N) is 4. The predicted molar refractivity (Wildman–Crippen MR) is 106 cm³/mol. The molecule has 0 saturated carbocycles. The van der Waals surface area contributed by atoms with Crippen LogP contribution in [0.5, 0.6) is 0 Å². The van der Waals surface area contributed by atoms with Gasteiger partial charge in [0.25, 0.3) is 11.5 Å². The quantitative estimate of drug-likeness (QED) is 0.693. The Morgan fingerprint density at radius 2 is 1.86 bits per heavy atom. The SMILES string of the molecule is Cc1c(C(=O)N2C[C@@H]3C[C@@H](C2)c2cccc(=O)n2C3)cnn1-c1ccccc1. The van der Waals surface area contributed by atoms with E-state index in [-0.39, 0.29) is 17.4 Å². The largest absolute Gasteiger partial charge is 0.338 e. The van der Waals surface area contributed by atoms with Gasteiger partial charge in [-0.05, 0) is 37.5 Å². The fraction of sp³-hybridized carbons (Fsp3) is 0.318. The summed E-state index contributed by atoms with van der Waals surface area (Å²) in [6.07, 6.45) is 2.71. The molecule has 6 heteroatoms. The molecule has 1 fully saturated rings. The molecule has 0 spiro atoms. The number of aromatic nitrogens is 3. The van der Waals surface area contributed by atoms with Crippen molar-refractivity contribution in [1.82, 2.24) is 19.2 Å². The first-order valence-electron chi connectivity index (χ1n) is 9.71. The third-order valence-corrected chi connectivity index (χ3v) is 6.01. The van der Waals surface area contributed by atoms with Crippen LogP contribution >= 0.6 is 0 Å². The Hall–Kier alpha value is -3.15. The highest BCUT2D eigenvalue weighted by Crippen LogP contribution is 2.35. The van der Waals surface area contributed by atoms with E-state index in [4.69, 9.17) is 0 Å². The van der Waals surface area contributed by atoms with E-state index in [0.717, 1.165) is 23.5 Å². The molecule has 3 aromatic rings. The summed E-state index contributed by atoms with van der Waals surface area (Å²) >= 11 is 0. The van der Waals surface area contributed by atoms with Crippen LogP contribution in [0.4, 0.5) is 0 Å². The van der Waals surface area contributed by atoms with Crippen LogP contribution in [-0.4, -0.2) is 38.2 Å². The molecule has 0 radical (unpaired) electrons. The molecule has 2 bridgehead atoms. The molecule has 6 nitrogen and oxygen atoms in total. The van der Waals surface area contributed by atoms with Crippen molar-refractivity contribution in [3.8, 4) is 5.69 Å². The lowest BCUT2D eigenvalue weighted by molar-refractivity contribution is 0.0594. The molecule has 28 heavy (non-hydrogen) atoms. The van der Waals surface area contributed by atoms with Crippen LogP contribution in [0.2, 0.25) is 0 Å². The number of carbonyl (C=O) groups excluding carboxylic acids is 1. The fourth-order valence-corrected chi connectivity index (χ4v) is 4.68. The van der Waals surface area contributed by atoms with Crippen molar-refractivity contribution in [2.45, 2.75) is 25.8 Å². The summed E-state index contributed by atoms with van der Waals surface area (Å²) in [5.41, 5.74) is 3.56. The van der Waals surface area contributed by atoms with Crippen LogP contribution in [0.15, 0.2) is 59.5 Å².